The van der Waals surface area contributed by atoms with Crippen molar-refractivity contribution in [3.8, 4) is 21.6 Å². The number of anilines is 1. The molecule has 128 valence electrons. The Labute approximate surface area is 166 Å². The summed E-state index contributed by atoms with van der Waals surface area (Å²) in [6.45, 7) is 6.71. The predicted molar refractivity (Wildman–Crippen MR) is 108 cm³/mol. The van der Waals surface area contributed by atoms with Crippen LogP contribution in [0.2, 0.25) is 0 Å². The molecule has 0 aromatic heterocycles. The van der Waals surface area contributed by atoms with Crippen LogP contribution in [0.15, 0.2) is 29.6 Å². The van der Waals surface area contributed by atoms with Gasteiger partial charge in [-0.15, -0.1) is 11.1 Å². The minimum absolute atomic E-state index is 1.24. The van der Waals surface area contributed by atoms with Crippen LogP contribution < -0.4 is 4.90 Å². The van der Waals surface area contributed by atoms with E-state index in [0.29, 0.717) is 0 Å². The van der Waals surface area contributed by atoms with E-state index >= 15 is 0 Å². The van der Waals surface area contributed by atoms with Crippen LogP contribution in [-0.4, -0.2) is 14.1 Å². The van der Waals surface area contributed by atoms with E-state index in [9.17, 15) is 0 Å². The molecule has 0 bridgehead atoms. The Morgan fingerprint density at radius 1 is 0.917 bits per heavy atom. The molecule has 0 N–H and O–H groups in total. The normalized spacial score (nSPS) is 10.5. The SMILES string of the molecule is Cc1c2s[cH-]c(-c3ccc(N(C)C)cc3)c-2c(C)c1C.[Cl][Ti+]([Cl])[Cl]. The van der Waals surface area contributed by atoms with Gasteiger partial charge in [-0.2, -0.15) is 0 Å². The number of hydrogen-bond acceptors (Lipinski definition) is 2. The summed E-state index contributed by atoms with van der Waals surface area (Å²) in [5, 5.41) is 2.30. The fraction of sp³-hybridized carbons (Fsp3) is 0.278. The van der Waals surface area contributed by atoms with Crippen LogP contribution in [0.1, 0.15) is 16.7 Å². The van der Waals surface area contributed by atoms with E-state index in [1.165, 1.54) is 43.9 Å². The topological polar surface area (TPSA) is 3.24 Å². The second-order valence-corrected chi connectivity index (χ2v) is 14.5. The Kier molecular flexibility index (Phi) is 7.19. The summed E-state index contributed by atoms with van der Waals surface area (Å²) in [6, 6.07) is 8.84. The Morgan fingerprint density at radius 2 is 1.46 bits per heavy atom. The van der Waals surface area contributed by atoms with Crippen molar-refractivity contribution >= 4 is 44.9 Å². The van der Waals surface area contributed by atoms with Gasteiger partial charge >= 0.3 is 42.6 Å². The molecule has 0 unspecified atom stereocenters. The first kappa shape index (κ1) is 20.2. The number of nitrogens with zero attached hydrogens (tertiary/aromatic N) is 1. The maximum atomic E-state index is 4.97. The average Bonchev–Trinajstić information content (AvgIpc) is 3.04. The third-order valence-corrected chi connectivity index (χ3v) is 5.43. The van der Waals surface area contributed by atoms with Gasteiger partial charge in [0.2, 0.25) is 0 Å². The second-order valence-electron chi connectivity index (χ2n) is 5.88. The van der Waals surface area contributed by atoms with Gasteiger partial charge in [-0.25, -0.2) is 0 Å². The number of benzene rings is 1. The predicted octanol–water partition coefficient (Wildman–Crippen LogP) is 7.30. The summed E-state index contributed by atoms with van der Waals surface area (Å²) in [4.78, 5) is 3.58. The minimum atomic E-state index is -1.92. The first-order chi connectivity index (χ1) is 11.2. The van der Waals surface area contributed by atoms with E-state index in [1.54, 1.807) is 0 Å². The van der Waals surface area contributed by atoms with Gasteiger partial charge in [0.05, 0.1) is 0 Å². The molecule has 2 aliphatic rings. The summed E-state index contributed by atoms with van der Waals surface area (Å²) < 4.78 is 0. The van der Waals surface area contributed by atoms with Crippen molar-refractivity contribution in [2.24, 2.45) is 0 Å². The Balaban J connectivity index is 0.000000471. The van der Waals surface area contributed by atoms with Gasteiger partial charge < -0.3 is 4.90 Å². The average molecular weight is 437 g/mol. The van der Waals surface area contributed by atoms with E-state index < -0.39 is 14.7 Å². The van der Waals surface area contributed by atoms with Crippen LogP contribution in [0.5, 0.6) is 0 Å². The molecule has 6 heteroatoms. The van der Waals surface area contributed by atoms with E-state index in [1.807, 2.05) is 11.3 Å². The van der Waals surface area contributed by atoms with Crippen molar-refractivity contribution in [2.75, 3.05) is 19.0 Å². The molecule has 1 nitrogen and oxygen atoms in total. The molecular formula is C18H20Cl3NSTi. The van der Waals surface area contributed by atoms with Crippen LogP contribution in [0, 0.1) is 20.8 Å². The first-order valence-corrected chi connectivity index (χ1v) is 14.8. The third kappa shape index (κ3) is 4.36. The van der Waals surface area contributed by atoms with Gasteiger partial charge in [-0.05, 0) is 32.9 Å². The summed E-state index contributed by atoms with van der Waals surface area (Å²) in [6.07, 6.45) is 0. The van der Waals surface area contributed by atoms with Gasteiger partial charge in [0, 0.05) is 19.8 Å². The zero-order valence-electron chi connectivity index (χ0n) is 14.4. The second kappa shape index (κ2) is 8.53. The summed E-state index contributed by atoms with van der Waals surface area (Å²) in [5.74, 6) is 0. The molecule has 1 aromatic carbocycles. The van der Waals surface area contributed by atoms with Gasteiger partial charge in [0.15, 0.2) is 0 Å². The number of hydrogen-bond donors (Lipinski definition) is 0. The number of thiophene rings is 1. The van der Waals surface area contributed by atoms with Crippen LogP contribution >= 0.6 is 39.3 Å². The van der Waals surface area contributed by atoms with Gasteiger partial charge in [0.1, 0.15) is 0 Å². The molecule has 0 radical (unpaired) electrons. The number of fused-ring (bicyclic) bond motifs is 1. The molecule has 0 fully saturated rings. The maximum absolute atomic E-state index is 4.97. The quantitative estimate of drug-likeness (QED) is 0.301. The van der Waals surface area contributed by atoms with Crippen molar-refractivity contribution in [3.63, 3.8) is 0 Å². The zero-order valence-corrected chi connectivity index (χ0v) is 19.0. The fourth-order valence-corrected chi connectivity index (χ4v) is 4.00. The van der Waals surface area contributed by atoms with Crippen molar-refractivity contribution in [2.45, 2.75) is 20.8 Å². The summed E-state index contributed by atoms with van der Waals surface area (Å²) in [5.41, 5.74) is 9.70. The van der Waals surface area contributed by atoms with Crippen molar-refractivity contribution in [1.82, 2.24) is 0 Å². The molecule has 1 aromatic rings. The van der Waals surface area contributed by atoms with Gasteiger partial charge in [-0.1, -0.05) is 44.6 Å². The Morgan fingerprint density at radius 3 is 1.96 bits per heavy atom. The summed E-state index contributed by atoms with van der Waals surface area (Å²) in [7, 11) is 19.1. The molecule has 0 spiro atoms. The Bertz CT molecular complexity index is 772. The Hall–Kier alpha value is -0.0857. The molecular weight excluding hydrogens is 416 g/mol. The number of halogens is 3. The zero-order chi connectivity index (χ0) is 18.0. The van der Waals surface area contributed by atoms with Crippen LogP contribution in [0.4, 0.5) is 5.69 Å². The van der Waals surface area contributed by atoms with Crippen molar-refractivity contribution < 1.29 is 14.7 Å². The van der Waals surface area contributed by atoms with Gasteiger partial charge in [-0.3, -0.25) is 11.3 Å². The number of rotatable bonds is 2. The summed E-state index contributed by atoms with van der Waals surface area (Å²) >= 11 is -0.0462. The molecule has 1 aliphatic carbocycles. The molecule has 1 heterocycles. The van der Waals surface area contributed by atoms with Gasteiger partial charge in [0.25, 0.3) is 0 Å². The van der Waals surface area contributed by atoms with Crippen molar-refractivity contribution in [1.29, 1.82) is 0 Å². The van der Waals surface area contributed by atoms with Crippen LogP contribution in [0.25, 0.3) is 21.6 Å². The molecule has 0 saturated carbocycles. The fourth-order valence-electron chi connectivity index (χ4n) is 2.80. The molecule has 0 atom stereocenters. The molecule has 3 rings (SSSR count). The van der Waals surface area contributed by atoms with E-state index in [-0.39, 0.29) is 0 Å². The standard InChI is InChI=1S/C18H20NS.3ClH.Ti/c1-11-12(2)17-16(10-20-18(17)13(11)3)14-6-8-15(9-7-14)19(4)5;;;;/h6-10H,1-5H3;3*1H;/q-1;;;;+4/p-3. The third-order valence-electron chi connectivity index (χ3n) is 4.33. The van der Waals surface area contributed by atoms with Crippen LogP contribution in [0.3, 0.4) is 0 Å². The first-order valence-electron chi connectivity index (χ1n) is 7.48. The van der Waals surface area contributed by atoms with Crippen LogP contribution in [-0.2, 0) is 14.7 Å². The van der Waals surface area contributed by atoms with E-state index in [0.717, 1.165) is 0 Å². The molecule has 24 heavy (non-hydrogen) atoms. The molecule has 0 amide bonds. The van der Waals surface area contributed by atoms with Crippen molar-refractivity contribution in [3.05, 3.63) is 46.3 Å². The van der Waals surface area contributed by atoms with E-state index in [4.69, 9.17) is 27.9 Å². The molecule has 0 saturated heterocycles. The van der Waals surface area contributed by atoms with E-state index in [2.05, 4.69) is 69.4 Å². The molecule has 1 aliphatic heterocycles. The monoisotopic (exact) mass is 435 g/mol.